The number of carbonyl (C=O) groups is 1. The van der Waals surface area contributed by atoms with Gasteiger partial charge in [0.2, 0.25) is 0 Å². The van der Waals surface area contributed by atoms with Crippen LogP contribution in [0.3, 0.4) is 0 Å². The van der Waals surface area contributed by atoms with Gasteiger partial charge < -0.3 is 25.0 Å². The van der Waals surface area contributed by atoms with Crippen molar-refractivity contribution in [2.45, 2.75) is 57.4 Å². The lowest BCUT2D eigenvalue weighted by Gasteiger charge is -2.36. The summed E-state index contributed by atoms with van der Waals surface area (Å²) < 4.78 is 5.41. The number of aliphatic hydroxyl groups is 1. The summed E-state index contributed by atoms with van der Waals surface area (Å²) in [4.78, 5) is 16.1. The average molecular weight is 386 g/mol. The summed E-state index contributed by atoms with van der Waals surface area (Å²) in [5.41, 5.74) is 1.15. The van der Waals surface area contributed by atoms with Gasteiger partial charge in [0.05, 0.1) is 29.9 Å². The number of nitrogens with zero attached hydrogens (tertiary/aromatic N) is 3. The average Bonchev–Trinajstić information content (AvgIpc) is 3.02. The largest absolute Gasteiger partial charge is 0.444 e. The van der Waals surface area contributed by atoms with Crippen molar-refractivity contribution < 1.29 is 14.6 Å². The van der Waals surface area contributed by atoms with E-state index in [-0.39, 0.29) is 18.2 Å². The summed E-state index contributed by atoms with van der Waals surface area (Å²) >= 11 is 0. The molecule has 1 unspecified atom stereocenters. The molecule has 2 N–H and O–H groups in total. The minimum absolute atomic E-state index is 0.143. The molecule has 152 valence electrons. The number of hydrogen-bond acceptors (Lipinski definition) is 6. The molecule has 2 aliphatic rings. The van der Waals surface area contributed by atoms with E-state index in [0.717, 1.165) is 31.6 Å². The molecule has 0 bridgehead atoms. The summed E-state index contributed by atoms with van der Waals surface area (Å²) in [5.74, 6) is 0. The standard InChI is InChI=1S/C21H30N4O3/c1-21(2,3)28-20(27)25-13-17(19(26)14-25)23-16-8-10-24(11-9-16)18-7-5-4-6-15(18)12-22/h4-7,16-17,19,23,26H,8-11,13-14H2,1-3H3/t17-,19?/m1/s1. The molecule has 0 radical (unpaired) electrons. The van der Waals surface area contributed by atoms with Crippen LogP contribution in [0.1, 0.15) is 39.2 Å². The highest BCUT2D eigenvalue weighted by Gasteiger charge is 2.37. The van der Waals surface area contributed by atoms with Crippen molar-refractivity contribution in [1.29, 1.82) is 5.26 Å². The minimum atomic E-state index is -0.593. The van der Waals surface area contributed by atoms with Crippen LogP contribution in [-0.2, 0) is 4.74 Å². The lowest BCUT2D eigenvalue weighted by atomic mass is 10.0. The van der Waals surface area contributed by atoms with Gasteiger partial charge in [-0.3, -0.25) is 0 Å². The van der Waals surface area contributed by atoms with Crippen molar-refractivity contribution in [3.8, 4) is 6.07 Å². The van der Waals surface area contributed by atoms with Gasteiger partial charge in [-0.2, -0.15) is 5.26 Å². The number of benzene rings is 1. The molecule has 1 aromatic rings. The molecule has 0 saturated carbocycles. The van der Waals surface area contributed by atoms with Crippen molar-refractivity contribution >= 4 is 11.8 Å². The van der Waals surface area contributed by atoms with E-state index in [0.29, 0.717) is 18.7 Å². The maximum atomic E-state index is 12.2. The van der Waals surface area contributed by atoms with E-state index in [1.807, 2.05) is 45.0 Å². The first-order valence-corrected chi connectivity index (χ1v) is 9.93. The van der Waals surface area contributed by atoms with Crippen LogP contribution in [0, 0.1) is 11.3 Å². The second-order valence-corrected chi connectivity index (χ2v) is 8.62. The Hall–Kier alpha value is -2.30. The van der Waals surface area contributed by atoms with Crippen LogP contribution in [0.25, 0.3) is 0 Å². The number of para-hydroxylation sites is 1. The molecule has 1 aromatic carbocycles. The van der Waals surface area contributed by atoms with Gasteiger partial charge in [-0.1, -0.05) is 12.1 Å². The molecule has 2 heterocycles. The molecule has 2 saturated heterocycles. The number of rotatable bonds is 3. The first-order valence-electron chi connectivity index (χ1n) is 9.93. The predicted molar refractivity (Wildman–Crippen MR) is 107 cm³/mol. The number of aliphatic hydroxyl groups excluding tert-OH is 1. The molecule has 7 heteroatoms. The number of amides is 1. The second-order valence-electron chi connectivity index (χ2n) is 8.62. The topological polar surface area (TPSA) is 88.8 Å². The molecule has 3 rings (SSSR count). The van der Waals surface area contributed by atoms with Gasteiger partial charge in [0.1, 0.15) is 11.7 Å². The molecule has 7 nitrogen and oxygen atoms in total. The predicted octanol–water partition coefficient (Wildman–Crippen LogP) is 2.10. The third-order valence-corrected chi connectivity index (χ3v) is 5.25. The van der Waals surface area contributed by atoms with Gasteiger partial charge >= 0.3 is 6.09 Å². The number of β-amino-alcohol motifs (C(OH)–C–C–N with tert-alkyl or cyclic N) is 1. The van der Waals surface area contributed by atoms with Gasteiger partial charge in [0, 0.05) is 25.7 Å². The van der Waals surface area contributed by atoms with E-state index in [2.05, 4.69) is 16.3 Å². The Bertz CT molecular complexity index is 732. The van der Waals surface area contributed by atoms with Crippen molar-refractivity contribution in [1.82, 2.24) is 10.2 Å². The summed E-state index contributed by atoms with van der Waals surface area (Å²) in [6, 6.07) is 10.1. The van der Waals surface area contributed by atoms with E-state index in [1.165, 1.54) is 0 Å². The zero-order valence-electron chi connectivity index (χ0n) is 16.9. The van der Waals surface area contributed by atoms with Crippen molar-refractivity contribution in [3.05, 3.63) is 29.8 Å². The Morgan fingerprint density at radius 3 is 2.57 bits per heavy atom. The number of nitrogens with one attached hydrogen (secondary N) is 1. The zero-order chi connectivity index (χ0) is 20.3. The normalized spacial score (nSPS) is 23.5. The summed E-state index contributed by atoms with van der Waals surface area (Å²) in [6.07, 6.45) is 0.883. The number of hydrogen-bond donors (Lipinski definition) is 2. The molecular formula is C21H30N4O3. The summed E-state index contributed by atoms with van der Waals surface area (Å²) in [7, 11) is 0. The van der Waals surface area contributed by atoms with E-state index in [9.17, 15) is 15.2 Å². The van der Waals surface area contributed by atoms with E-state index in [1.54, 1.807) is 4.90 Å². The zero-order valence-corrected chi connectivity index (χ0v) is 16.9. The van der Waals surface area contributed by atoms with E-state index >= 15 is 0 Å². The summed E-state index contributed by atoms with van der Waals surface area (Å²) in [6.45, 7) is 7.97. The number of anilines is 1. The lowest BCUT2D eigenvalue weighted by Crippen LogP contribution is -2.50. The smallest absolute Gasteiger partial charge is 0.410 e. The van der Waals surface area contributed by atoms with Gasteiger partial charge in [0.25, 0.3) is 0 Å². The highest BCUT2D eigenvalue weighted by Crippen LogP contribution is 2.24. The fourth-order valence-electron chi connectivity index (χ4n) is 3.86. The number of piperidine rings is 1. The molecule has 1 amide bonds. The quantitative estimate of drug-likeness (QED) is 0.827. The second kappa shape index (κ2) is 8.38. The third kappa shape index (κ3) is 4.94. The van der Waals surface area contributed by atoms with Crippen LogP contribution < -0.4 is 10.2 Å². The number of carbonyl (C=O) groups excluding carboxylic acids is 1. The number of ether oxygens (including phenoxy) is 1. The molecule has 2 atom stereocenters. The van der Waals surface area contributed by atoms with Crippen LogP contribution in [-0.4, -0.2) is 66.1 Å². The Balaban J connectivity index is 1.51. The number of likely N-dealkylation sites (tertiary alicyclic amines) is 1. The third-order valence-electron chi connectivity index (χ3n) is 5.25. The van der Waals surface area contributed by atoms with Crippen LogP contribution in [0.5, 0.6) is 0 Å². The van der Waals surface area contributed by atoms with Crippen molar-refractivity contribution in [3.63, 3.8) is 0 Å². The molecule has 0 aromatic heterocycles. The van der Waals surface area contributed by atoms with Crippen LogP contribution in [0.15, 0.2) is 24.3 Å². The maximum absolute atomic E-state index is 12.2. The first-order chi connectivity index (χ1) is 13.3. The van der Waals surface area contributed by atoms with Crippen LogP contribution in [0.2, 0.25) is 0 Å². The van der Waals surface area contributed by atoms with Gasteiger partial charge in [-0.25, -0.2) is 4.79 Å². The molecule has 2 aliphatic heterocycles. The van der Waals surface area contributed by atoms with Crippen molar-refractivity contribution in [2.24, 2.45) is 0 Å². The van der Waals surface area contributed by atoms with Gasteiger partial charge in [0.15, 0.2) is 0 Å². The number of nitriles is 1. The van der Waals surface area contributed by atoms with Crippen molar-refractivity contribution in [2.75, 3.05) is 31.1 Å². The first kappa shape index (κ1) is 20.4. The molecule has 0 aliphatic carbocycles. The highest BCUT2D eigenvalue weighted by atomic mass is 16.6. The Labute approximate surface area is 166 Å². The Morgan fingerprint density at radius 1 is 1.25 bits per heavy atom. The van der Waals surface area contributed by atoms with Gasteiger partial charge in [-0.05, 0) is 45.7 Å². The Kier molecular flexibility index (Phi) is 6.11. The Morgan fingerprint density at radius 2 is 1.93 bits per heavy atom. The van der Waals surface area contributed by atoms with E-state index in [4.69, 9.17) is 4.74 Å². The van der Waals surface area contributed by atoms with Crippen LogP contribution in [0.4, 0.5) is 10.5 Å². The molecular weight excluding hydrogens is 356 g/mol. The highest BCUT2D eigenvalue weighted by molar-refractivity contribution is 5.68. The van der Waals surface area contributed by atoms with Crippen LogP contribution >= 0.6 is 0 Å². The van der Waals surface area contributed by atoms with E-state index < -0.39 is 11.7 Å². The molecule has 2 fully saturated rings. The SMILES string of the molecule is CC(C)(C)OC(=O)N1CC(O)[C@H](NC2CCN(c3ccccc3C#N)CC2)C1. The summed E-state index contributed by atoms with van der Waals surface area (Å²) in [5, 5.41) is 23.2. The molecule has 0 spiro atoms. The maximum Gasteiger partial charge on any atom is 0.410 e. The fraction of sp³-hybridized carbons (Fsp3) is 0.619. The lowest BCUT2D eigenvalue weighted by molar-refractivity contribution is 0.0270. The minimum Gasteiger partial charge on any atom is -0.444 e. The molecule has 28 heavy (non-hydrogen) atoms. The van der Waals surface area contributed by atoms with Gasteiger partial charge in [-0.15, -0.1) is 0 Å². The fourth-order valence-corrected chi connectivity index (χ4v) is 3.86. The monoisotopic (exact) mass is 386 g/mol.